The molecule has 31 heavy (non-hydrogen) atoms. The molecular weight excluding hydrogens is 436 g/mol. The minimum atomic E-state index is -3.58. The number of thioether (sulfide) groups is 1. The average Bonchev–Trinajstić information content (AvgIpc) is 3.17. The number of sulfonamides is 1. The SMILES string of the molecule is Cc1noc(CSc2ccccc2C(=O)Nc2ccc(S(=O)(=O)N(C)C(C)C)cc2)n1. The second-order valence-electron chi connectivity index (χ2n) is 7.11. The molecule has 0 bridgehead atoms. The Labute approximate surface area is 186 Å². The number of carbonyl (C=O) groups excluding carboxylic acids is 1. The standard InChI is InChI=1S/C21H24N4O4S2/c1-14(2)25(4)31(27,28)17-11-9-16(10-12-17)23-21(26)18-7-5-6-8-19(18)30-13-20-22-15(3)24-29-20/h5-12,14H,13H2,1-4H3,(H,23,26). The summed E-state index contributed by atoms with van der Waals surface area (Å²) in [6.07, 6.45) is 0. The molecule has 0 atom stereocenters. The van der Waals surface area contributed by atoms with Gasteiger partial charge in [-0.3, -0.25) is 4.79 Å². The van der Waals surface area contributed by atoms with Crippen LogP contribution in [0.1, 0.15) is 35.9 Å². The third-order valence-electron chi connectivity index (χ3n) is 4.57. The molecule has 164 valence electrons. The van der Waals surface area contributed by atoms with Gasteiger partial charge in [-0.25, -0.2) is 8.42 Å². The van der Waals surface area contributed by atoms with Crippen LogP contribution < -0.4 is 5.32 Å². The van der Waals surface area contributed by atoms with Gasteiger partial charge in [-0.15, -0.1) is 11.8 Å². The van der Waals surface area contributed by atoms with Gasteiger partial charge in [0.2, 0.25) is 15.9 Å². The summed E-state index contributed by atoms with van der Waals surface area (Å²) in [5, 5.41) is 6.58. The lowest BCUT2D eigenvalue weighted by Crippen LogP contribution is -2.33. The van der Waals surface area contributed by atoms with Gasteiger partial charge in [-0.1, -0.05) is 17.3 Å². The molecule has 0 radical (unpaired) electrons. The Kier molecular flexibility index (Phi) is 7.14. The number of carbonyl (C=O) groups is 1. The number of aromatic nitrogens is 2. The Balaban J connectivity index is 1.72. The number of rotatable bonds is 8. The Morgan fingerprint density at radius 1 is 1.16 bits per heavy atom. The van der Waals surface area contributed by atoms with Crippen molar-refractivity contribution in [2.24, 2.45) is 0 Å². The molecule has 1 amide bonds. The topological polar surface area (TPSA) is 105 Å². The van der Waals surface area contributed by atoms with Crippen molar-refractivity contribution in [3.8, 4) is 0 Å². The Bertz CT molecular complexity index is 1160. The van der Waals surface area contributed by atoms with Crippen molar-refractivity contribution in [1.82, 2.24) is 14.4 Å². The average molecular weight is 461 g/mol. The van der Waals surface area contributed by atoms with Gasteiger partial charge in [0.1, 0.15) is 0 Å². The fraction of sp³-hybridized carbons (Fsp3) is 0.286. The van der Waals surface area contributed by atoms with E-state index in [1.54, 1.807) is 52.1 Å². The van der Waals surface area contributed by atoms with Crippen LogP contribution >= 0.6 is 11.8 Å². The molecule has 1 N–H and O–H groups in total. The highest BCUT2D eigenvalue weighted by Crippen LogP contribution is 2.27. The lowest BCUT2D eigenvalue weighted by molar-refractivity contribution is 0.102. The molecular formula is C21H24N4O4S2. The molecule has 3 rings (SSSR count). The third-order valence-corrected chi connectivity index (χ3v) is 7.67. The van der Waals surface area contributed by atoms with Crippen molar-refractivity contribution in [2.45, 2.75) is 42.4 Å². The zero-order valence-corrected chi connectivity index (χ0v) is 19.3. The molecule has 0 spiro atoms. The molecule has 1 heterocycles. The molecule has 0 aliphatic rings. The normalized spacial score (nSPS) is 11.8. The van der Waals surface area contributed by atoms with Crippen molar-refractivity contribution >= 4 is 33.4 Å². The first kappa shape index (κ1) is 23.0. The first-order valence-electron chi connectivity index (χ1n) is 9.59. The van der Waals surface area contributed by atoms with E-state index in [2.05, 4.69) is 15.5 Å². The van der Waals surface area contributed by atoms with Crippen molar-refractivity contribution in [3.63, 3.8) is 0 Å². The van der Waals surface area contributed by atoms with Gasteiger partial charge in [0.05, 0.1) is 16.2 Å². The van der Waals surface area contributed by atoms with E-state index < -0.39 is 10.0 Å². The predicted molar refractivity (Wildman–Crippen MR) is 120 cm³/mol. The minimum Gasteiger partial charge on any atom is -0.338 e. The summed E-state index contributed by atoms with van der Waals surface area (Å²) >= 11 is 1.42. The van der Waals surface area contributed by atoms with Gasteiger partial charge in [0, 0.05) is 23.7 Å². The molecule has 0 aliphatic carbocycles. The summed E-state index contributed by atoms with van der Waals surface area (Å²) in [6.45, 7) is 5.36. The smallest absolute Gasteiger partial charge is 0.256 e. The third kappa shape index (κ3) is 5.52. The van der Waals surface area contributed by atoms with Gasteiger partial charge in [0.25, 0.3) is 5.91 Å². The number of nitrogens with zero attached hydrogens (tertiary/aromatic N) is 3. The van der Waals surface area contributed by atoms with Crippen LogP contribution in [0.15, 0.2) is 62.8 Å². The first-order chi connectivity index (χ1) is 14.7. The fourth-order valence-corrected chi connectivity index (χ4v) is 4.93. The number of hydrogen-bond donors (Lipinski definition) is 1. The zero-order valence-electron chi connectivity index (χ0n) is 17.7. The molecule has 0 fully saturated rings. The molecule has 8 nitrogen and oxygen atoms in total. The molecule has 10 heteroatoms. The number of aryl methyl sites for hydroxylation is 1. The summed E-state index contributed by atoms with van der Waals surface area (Å²) in [6, 6.07) is 13.2. The molecule has 1 aromatic heterocycles. The summed E-state index contributed by atoms with van der Waals surface area (Å²) < 4.78 is 31.6. The van der Waals surface area contributed by atoms with E-state index in [1.807, 2.05) is 12.1 Å². The van der Waals surface area contributed by atoms with E-state index in [1.165, 1.54) is 28.2 Å². The summed E-state index contributed by atoms with van der Waals surface area (Å²) in [7, 11) is -2.04. The first-order valence-corrected chi connectivity index (χ1v) is 12.0. The van der Waals surface area contributed by atoms with Crippen molar-refractivity contribution in [2.75, 3.05) is 12.4 Å². The predicted octanol–water partition coefficient (Wildman–Crippen LogP) is 3.95. The second kappa shape index (κ2) is 9.63. The quantitative estimate of drug-likeness (QED) is 0.507. The van der Waals surface area contributed by atoms with Crippen molar-refractivity contribution in [1.29, 1.82) is 0 Å². The highest BCUT2D eigenvalue weighted by molar-refractivity contribution is 7.98. The van der Waals surface area contributed by atoms with E-state index in [9.17, 15) is 13.2 Å². The van der Waals surface area contributed by atoms with Crippen LogP contribution in [0.2, 0.25) is 0 Å². The van der Waals surface area contributed by atoms with Crippen LogP contribution in [0.4, 0.5) is 5.69 Å². The number of anilines is 1. The molecule has 0 unspecified atom stereocenters. The molecule has 0 saturated carbocycles. The summed E-state index contributed by atoms with van der Waals surface area (Å²) in [4.78, 5) is 17.9. The monoisotopic (exact) mass is 460 g/mol. The highest BCUT2D eigenvalue weighted by atomic mass is 32.2. The number of amides is 1. The maximum atomic E-state index is 12.8. The maximum Gasteiger partial charge on any atom is 0.256 e. The van der Waals surface area contributed by atoms with Crippen LogP contribution in [0.5, 0.6) is 0 Å². The van der Waals surface area contributed by atoms with Gasteiger partial charge in [-0.05, 0) is 57.2 Å². The van der Waals surface area contributed by atoms with Gasteiger partial charge in [0.15, 0.2) is 5.82 Å². The van der Waals surface area contributed by atoms with E-state index in [0.29, 0.717) is 28.7 Å². The second-order valence-corrected chi connectivity index (χ2v) is 10.1. The van der Waals surface area contributed by atoms with Crippen LogP contribution in [-0.4, -0.2) is 41.9 Å². The Hall–Kier alpha value is -2.69. The van der Waals surface area contributed by atoms with Crippen LogP contribution in [-0.2, 0) is 15.8 Å². The highest BCUT2D eigenvalue weighted by Gasteiger charge is 2.23. The van der Waals surface area contributed by atoms with Crippen molar-refractivity contribution in [3.05, 3.63) is 65.8 Å². The Morgan fingerprint density at radius 2 is 1.84 bits per heavy atom. The van der Waals surface area contributed by atoms with Crippen LogP contribution in [0, 0.1) is 6.92 Å². The van der Waals surface area contributed by atoms with Gasteiger partial charge in [-0.2, -0.15) is 9.29 Å². The van der Waals surface area contributed by atoms with Crippen LogP contribution in [0.25, 0.3) is 0 Å². The van der Waals surface area contributed by atoms with Gasteiger partial charge < -0.3 is 9.84 Å². The fourth-order valence-electron chi connectivity index (χ4n) is 2.67. The lowest BCUT2D eigenvalue weighted by atomic mass is 10.2. The molecule has 0 saturated heterocycles. The largest absolute Gasteiger partial charge is 0.338 e. The molecule has 0 aliphatic heterocycles. The minimum absolute atomic E-state index is 0.158. The van der Waals surface area contributed by atoms with E-state index in [0.717, 1.165) is 4.90 Å². The van der Waals surface area contributed by atoms with E-state index >= 15 is 0 Å². The maximum absolute atomic E-state index is 12.8. The van der Waals surface area contributed by atoms with Crippen LogP contribution in [0.3, 0.4) is 0 Å². The lowest BCUT2D eigenvalue weighted by Gasteiger charge is -2.21. The number of benzene rings is 2. The molecule has 2 aromatic carbocycles. The van der Waals surface area contributed by atoms with E-state index in [-0.39, 0.29) is 16.8 Å². The summed E-state index contributed by atoms with van der Waals surface area (Å²) in [5.41, 5.74) is 1.00. The van der Waals surface area contributed by atoms with E-state index in [4.69, 9.17) is 4.52 Å². The number of nitrogens with one attached hydrogen (secondary N) is 1. The van der Waals surface area contributed by atoms with Crippen molar-refractivity contribution < 1.29 is 17.7 Å². The van der Waals surface area contributed by atoms with Gasteiger partial charge >= 0.3 is 0 Å². The summed E-state index contributed by atoms with van der Waals surface area (Å²) in [5.74, 6) is 1.20. The zero-order chi connectivity index (χ0) is 22.6. The Morgan fingerprint density at radius 3 is 2.45 bits per heavy atom. The number of hydrogen-bond acceptors (Lipinski definition) is 7. The molecule has 3 aromatic rings.